The van der Waals surface area contributed by atoms with Gasteiger partial charge in [-0.2, -0.15) is 4.99 Å². The zero-order valence-corrected chi connectivity index (χ0v) is 18.8. The van der Waals surface area contributed by atoms with Gasteiger partial charge in [0.15, 0.2) is 4.80 Å². The molecule has 0 bridgehead atoms. The summed E-state index contributed by atoms with van der Waals surface area (Å²) >= 11 is 1.57. The predicted molar refractivity (Wildman–Crippen MR) is 132 cm³/mol. The molecule has 0 aliphatic carbocycles. The third-order valence-electron chi connectivity index (χ3n) is 5.68. The van der Waals surface area contributed by atoms with Crippen LogP contribution in [-0.2, 0) is 22.5 Å². The van der Waals surface area contributed by atoms with E-state index in [-0.39, 0.29) is 12.3 Å². The highest BCUT2D eigenvalue weighted by Crippen LogP contribution is 2.27. The maximum absolute atomic E-state index is 13.0. The molecular formula is C27H24N2O2S. The van der Waals surface area contributed by atoms with Gasteiger partial charge in [-0.3, -0.25) is 4.79 Å². The Labute approximate surface area is 190 Å². The Bertz CT molecular complexity index is 1490. The quantitative estimate of drug-likeness (QED) is 0.317. The van der Waals surface area contributed by atoms with E-state index in [9.17, 15) is 4.79 Å². The van der Waals surface area contributed by atoms with Crippen molar-refractivity contribution < 1.29 is 9.53 Å². The minimum Gasteiger partial charge on any atom is -0.380 e. The molecule has 5 rings (SSSR count). The van der Waals surface area contributed by atoms with Crippen molar-refractivity contribution in [3.8, 4) is 0 Å². The second-order valence-corrected chi connectivity index (χ2v) is 8.67. The molecule has 0 saturated heterocycles. The lowest BCUT2D eigenvalue weighted by Gasteiger charge is -2.06. The van der Waals surface area contributed by atoms with Crippen LogP contribution < -0.4 is 4.80 Å². The van der Waals surface area contributed by atoms with Gasteiger partial charge in [0.05, 0.1) is 23.2 Å². The molecule has 0 N–H and O–H groups in total. The molecule has 1 heterocycles. The summed E-state index contributed by atoms with van der Waals surface area (Å²) in [5, 5.41) is 4.61. The topological polar surface area (TPSA) is 43.6 Å². The number of ether oxygens (including phenoxy) is 1. The Morgan fingerprint density at radius 2 is 1.62 bits per heavy atom. The van der Waals surface area contributed by atoms with E-state index in [1.54, 1.807) is 11.3 Å². The highest BCUT2D eigenvalue weighted by molar-refractivity contribution is 7.17. The van der Waals surface area contributed by atoms with Gasteiger partial charge >= 0.3 is 0 Å². The summed E-state index contributed by atoms with van der Waals surface area (Å²) in [4.78, 5) is 18.3. The first-order valence-electron chi connectivity index (χ1n) is 10.9. The molecule has 0 spiro atoms. The fourth-order valence-corrected chi connectivity index (χ4v) is 5.36. The van der Waals surface area contributed by atoms with E-state index in [2.05, 4.69) is 58.1 Å². The zero-order chi connectivity index (χ0) is 21.9. The molecule has 4 aromatic carbocycles. The third-order valence-corrected chi connectivity index (χ3v) is 6.81. The number of fused-ring (bicyclic) bond motifs is 4. The van der Waals surface area contributed by atoms with Crippen molar-refractivity contribution >= 4 is 49.0 Å². The molecule has 4 nitrogen and oxygen atoms in total. The summed E-state index contributed by atoms with van der Waals surface area (Å²) < 4.78 is 8.87. The lowest BCUT2D eigenvalue weighted by atomic mass is 10.0. The first kappa shape index (κ1) is 20.6. The van der Waals surface area contributed by atoms with E-state index < -0.39 is 0 Å². The van der Waals surface area contributed by atoms with E-state index in [0.29, 0.717) is 19.8 Å². The molecule has 32 heavy (non-hydrogen) atoms. The van der Waals surface area contributed by atoms with Crippen LogP contribution in [0, 0.1) is 0 Å². The van der Waals surface area contributed by atoms with Crippen LogP contribution in [0.15, 0.2) is 83.9 Å². The average molecular weight is 441 g/mol. The standard InChI is InChI=1S/C27H24N2O2S/c1-2-31-17-16-29-24-15-14-20-9-4-6-13-23(20)26(24)32-27(29)28-25(30)18-21-11-7-10-19-8-3-5-12-22(19)21/h3-15H,2,16-18H2,1H3. The van der Waals surface area contributed by atoms with Gasteiger partial charge in [-0.1, -0.05) is 84.1 Å². The molecule has 0 atom stereocenters. The summed E-state index contributed by atoms with van der Waals surface area (Å²) in [5.74, 6) is -0.137. The van der Waals surface area contributed by atoms with Crippen molar-refractivity contribution in [3.63, 3.8) is 0 Å². The van der Waals surface area contributed by atoms with Crippen LogP contribution in [0.25, 0.3) is 31.8 Å². The summed E-state index contributed by atoms with van der Waals surface area (Å²) in [7, 11) is 0. The van der Waals surface area contributed by atoms with Crippen molar-refractivity contribution in [2.24, 2.45) is 4.99 Å². The third kappa shape index (κ3) is 3.97. The van der Waals surface area contributed by atoms with Gasteiger partial charge in [-0.25, -0.2) is 0 Å². The number of thiazole rings is 1. The number of carbonyl (C=O) groups excluding carboxylic acids is 1. The first-order chi connectivity index (χ1) is 15.7. The van der Waals surface area contributed by atoms with Crippen LogP contribution in [0.4, 0.5) is 0 Å². The molecule has 160 valence electrons. The second-order valence-electron chi connectivity index (χ2n) is 7.69. The molecule has 5 aromatic rings. The Morgan fingerprint density at radius 3 is 2.44 bits per heavy atom. The van der Waals surface area contributed by atoms with Crippen LogP contribution in [0.2, 0.25) is 0 Å². The number of rotatable bonds is 6. The number of nitrogens with zero attached hydrogens (tertiary/aromatic N) is 2. The maximum Gasteiger partial charge on any atom is 0.252 e. The molecule has 0 radical (unpaired) electrons. The lowest BCUT2D eigenvalue weighted by Crippen LogP contribution is -2.20. The van der Waals surface area contributed by atoms with Crippen LogP contribution in [0.5, 0.6) is 0 Å². The van der Waals surface area contributed by atoms with Crippen molar-refractivity contribution in [1.29, 1.82) is 0 Å². The van der Waals surface area contributed by atoms with E-state index >= 15 is 0 Å². The molecule has 0 fully saturated rings. The summed E-state index contributed by atoms with van der Waals surface area (Å²) in [5.41, 5.74) is 2.09. The number of carbonyl (C=O) groups is 1. The highest BCUT2D eigenvalue weighted by atomic mass is 32.1. The van der Waals surface area contributed by atoms with Crippen LogP contribution in [0.3, 0.4) is 0 Å². The number of benzene rings is 4. The lowest BCUT2D eigenvalue weighted by molar-refractivity contribution is -0.117. The molecule has 1 aromatic heterocycles. The van der Waals surface area contributed by atoms with E-state index in [1.165, 1.54) is 10.8 Å². The fraction of sp³-hybridized carbons (Fsp3) is 0.185. The molecule has 0 aliphatic heterocycles. The Kier molecular flexibility index (Phi) is 5.84. The monoisotopic (exact) mass is 440 g/mol. The zero-order valence-electron chi connectivity index (χ0n) is 18.0. The van der Waals surface area contributed by atoms with E-state index in [0.717, 1.165) is 31.4 Å². The van der Waals surface area contributed by atoms with Crippen molar-refractivity contribution in [3.05, 3.63) is 89.2 Å². The average Bonchev–Trinajstić information content (AvgIpc) is 3.17. The number of hydrogen-bond donors (Lipinski definition) is 0. The predicted octanol–water partition coefficient (Wildman–Crippen LogP) is 5.72. The number of aromatic nitrogens is 1. The van der Waals surface area contributed by atoms with Crippen LogP contribution in [-0.4, -0.2) is 23.7 Å². The van der Waals surface area contributed by atoms with Crippen molar-refractivity contribution in [2.75, 3.05) is 13.2 Å². The van der Waals surface area contributed by atoms with Gasteiger partial charge in [0.1, 0.15) is 0 Å². The van der Waals surface area contributed by atoms with Gasteiger partial charge in [-0.05, 0) is 34.7 Å². The molecule has 0 saturated carbocycles. The Balaban J connectivity index is 1.58. The van der Waals surface area contributed by atoms with Crippen molar-refractivity contribution in [1.82, 2.24) is 4.57 Å². The fourth-order valence-electron chi connectivity index (χ4n) is 4.16. The van der Waals surface area contributed by atoms with E-state index in [4.69, 9.17) is 4.74 Å². The minimum atomic E-state index is -0.137. The molecule has 5 heteroatoms. The van der Waals surface area contributed by atoms with Gasteiger partial charge in [0.2, 0.25) is 0 Å². The largest absolute Gasteiger partial charge is 0.380 e. The summed E-state index contributed by atoms with van der Waals surface area (Å²) in [6, 6.07) is 26.8. The molecule has 0 aliphatic rings. The summed E-state index contributed by atoms with van der Waals surface area (Å²) in [6.07, 6.45) is 0.280. The van der Waals surface area contributed by atoms with Gasteiger partial charge < -0.3 is 9.30 Å². The van der Waals surface area contributed by atoms with E-state index in [1.807, 2.05) is 37.3 Å². The Hall–Kier alpha value is -3.28. The molecular weight excluding hydrogens is 416 g/mol. The maximum atomic E-state index is 13.0. The van der Waals surface area contributed by atoms with Gasteiger partial charge in [0.25, 0.3) is 5.91 Å². The molecule has 1 amide bonds. The smallest absolute Gasteiger partial charge is 0.252 e. The molecule has 0 unspecified atom stereocenters. The normalized spacial score (nSPS) is 12.2. The minimum absolute atomic E-state index is 0.137. The first-order valence-corrected chi connectivity index (χ1v) is 11.7. The number of amides is 1. The van der Waals surface area contributed by atoms with Gasteiger partial charge in [0, 0.05) is 18.5 Å². The SMILES string of the molecule is CCOCCn1c(=NC(=O)Cc2cccc3ccccc23)sc2c3ccccc3ccc21. The second kappa shape index (κ2) is 9.07. The van der Waals surface area contributed by atoms with Gasteiger partial charge in [-0.15, -0.1) is 0 Å². The summed E-state index contributed by atoms with van der Waals surface area (Å²) in [6.45, 7) is 3.90. The van der Waals surface area contributed by atoms with Crippen LogP contribution >= 0.6 is 11.3 Å². The van der Waals surface area contributed by atoms with Crippen LogP contribution in [0.1, 0.15) is 12.5 Å². The highest BCUT2D eigenvalue weighted by Gasteiger charge is 2.12. The van der Waals surface area contributed by atoms with Crippen molar-refractivity contribution in [2.45, 2.75) is 19.9 Å². The number of hydrogen-bond acceptors (Lipinski definition) is 3. The Morgan fingerprint density at radius 1 is 0.906 bits per heavy atom.